The molecule has 0 bridgehead atoms. The predicted molar refractivity (Wildman–Crippen MR) is 70.2 cm³/mol. The number of aliphatic hydroxyl groups is 2. The molecule has 1 aromatic rings. The predicted octanol–water partition coefficient (Wildman–Crippen LogP) is 1.62. The second kappa shape index (κ2) is 6.15. The number of aryl methyl sites for hydroxylation is 3. The highest BCUT2D eigenvalue weighted by Crippen LogP contribution is 2.21. The average Bonchev–Trinajstić information content (AvgIpc) is 2.30. The Morgan fingerprint density at radius 1 is 1.12 bits per heavy atom. The Hall–Kier alpha value is -0.900. The third-order valence-corrected chi connectivity index (χ3v) is 3.22. The van der Waals surface area contributed by atoms with E-state index in [0.717, 1.165) is 0 Å². The van der Waals surface area contributed by atoms with Crippen LogP contribution in [0.5, 0.6) is 0 Å². The van der Waals surface area contributed by atoms with Crippen molar-refractivity contribution in [2.24, 2.45) is 0 Å². The monoisotopic (exact) mass is 237 g/mol. The molecule has 0 saturated heterocycles. The molecule has 3 nitrogen and oxygen atoms in total. The van der Waals surface area contributed by atoms with E-state index < -0.39 is 6.10 Å². The maximum absolute atomic E-state index is 9.31. The minimum Gasteiger partial charge on any atom is -0.394 e. The van der Waals surface area contributed by atoms with Crippen molar-refractivity contribution in [2.45, 2.75) is 39.8 Å². The lowest BCUT2D eigenvalue weighted by molar-refractivity contribution is 0.0923. The molecule has 0 aliphatic rings. The summed E-state index contributed by atoms with van der Waals surface area (Å²) in [4.78, 5) is 0. The van der Waals surface area contributed by atoms with Crippen molar-refractivity contribution >= 4 is 0 Å². The van der Waals surface area contributed by atoms with Gasteiger partial charge in [0, 0.05) is 12.6 Å². The second-order valence-electron chi connectivity index (χ2n) is 4.76. The molecule has 1 aromatic carbocycles. The largest absolute Gasteiger partial charge is 0.394 e. The van der Waals surface area contributed by atoms with Crippen molar-refractivity contribution in [3.05, 3.63) is 34.4 Å². The zero-order valence-electron chi connectivity index (χ0n) is 11.1. The van der Waals surface area contributed by atoms with Gasteiger partial charge >= 0.3 is 0 Å². The van der Waals surface area contributed by atoms with Gasteiger partial charge in [-0.2, -0.15) is 0 Å². The number of benzene rings is 1. The van der Waals surface area contributed by atoms with Gasteiger partial charge in [-0.1, -0.05) is 12.1 Å². The van der Waals surface area contributed by atoms with E-state index in [-0.39, 0.29) is 12.6 Å². The Bertz CT molecular complexity index is 377. The summed E-state index contributed by atoms with van der Waals surface area (Å²) in [5.74, 6) is 0. The summed E-state index contributed by atoms with van der Waals surface area (Å²) in [7, 11) is 0. The fourth-order valence-corrected chi connectivity index (χ4v) is 1.94. The van der Waals surface area contributed by atoms with E-state index in [1.807, 2.05) is 0 Å². The van der Waals surface area contributed by atoms with Crippen LogP contribution in [0.3, 0.4) is 0 Å². The van der Waals surface area contributed by atoms with Gasteiger partial charge in [0.15, 0.2) is 0 Å². The number of aliphatic hydroxyl groups excluding tert-OH is 2. The van der Waals surface area contributed by atoms with Crippen molar-refractivity contribution < 1.29 is 10.2 Å². The van der Waals surface area contributed by atoms with Gasteiger partial charge in [0.1, 0.15) is 0 Å². The molecule has 0 amide bonds. The molecule has 0 fully saturated rings. The lowest BCUT2D eigenvalue weighted by atomic mass is 9.96. The summed E-state index contributed by atoms with van der Waals surface area (Å²) in [6.45, 7) is 8.59. The van der Waals surface area contributed by atoms with E-state index in [4.69, 9.17) is 5.11 Å². The number of hydrogen-bond acceptors (Lipinski definition) is 3. The fourth-order valence-electron chi connectivity index (χ4n) is 1.94. The van der Waals surface area contributed by atoms with Crippen LogP contribution >= 0.6 is 0 Å². The second-order valence-corrected chi connectivity index (χ2v) is 4.76. The standard InChI is InChI=1S/C14H23NO2/c1-9-5-11(3)14(6-10(9)2)12(4)15-7-13(17)8-16/h5-6,12-13,15-17H,7-8H2,1-4H3. The molecule has 2 atom stereocenters. The van der Waals surface area contributed by atoms with Crippen LogP contribution < -0.4 is 5.32 Å². The number of rotatable bonds is 5. The molecule has 0 heterocycles. The third-order valence-electron chi connectivity index (χ3n) is 3.22. The minimum atomic E-state index is -0.690. The average molecular weight is 237 g/mol. The molecule has 0 aromatic heterocycles. The Labute approximate surface area is 103 Å². The van der Waals surface area contributed by atoms with Gasteiger partial charge in [0.05, 0.1) is 12.7 Å². The fraction of sp³-hybridized carbons (Fsp3) is 0.571. The van der Waals surface area contributed by atoms with Crippen LogP contribution in [-0.4, -0.2) is 29.5 Å². The van der Waals surface area contributed by atoms with Gasteiger partial charge in [0.2, 0.25) is 0 Å². The number of hydrogen-bond donors (Lipinski definition) is 3. The van der Waals surface area contributed by atoms with E-state index in [2.05, 4.69) is 45.1 Å². The zero-order valence-corrected chi connectivity index (χ0v) is 11.1. The van der Waals surface area contributed by atoms with Crippen LogP contribution in [-0.2, 0) is 0 Å². The van der Waals surface area contributed by atoms with Crippen LogP contribution in [0.1, 0.15) is 35.2 Å². The maximum atomic E-state index is 9.31. The van der Waals surface area contributed by atoms with Crippen LogP contribution in [0.4, 0.5) is 0 Å². The smallest absolute Gasteiger partial charge is 0.0895 e. The van der Waals surface area contributed by atoms with Gasteiger partial charge in [-0.05, 0) is 49.9 Å². The topological polar surface area (TPSA) is 52.5 Å². The molecule has 0 aliphatic heterocycles. The summed E-state index contributed by atoms with van der Waals surface area (Å²) in [5, 5.41) is 21.3. The van der Waals surface area contributed by atoms with E-state index in [9.17, 15) is 5.11 Å². The van der Waals surface area contributed by atoms with Gasteiger partial charge in [-0.15, -0.1) is 0 Å². The summed E-state index contributed by atoms with van der Waals surface area (Å²) in [6.07, 6.45) is -0.690. The summed E-state index contributed by atoms with van der Waals surface area (Å²) in [6, 6.07) is 4.55. The zero-order chi connectivity index (χ0) is 13.0. The molecular formula is C14H23NO2. The summed E-state index contributed by atoms with van der Waals surface area (Å²) >= 11 is 0. The molecule has 3 N–H and O–H groups in total. The Morgan fingerprint density at radius 2 is 1.71 bits per heavy atom. The molecule has 96 valence electrons. The SMILES string of the molecule is Cc1cc(C)c(C(C)NCC(O)CO)cc1C. The Morgan fingerprint density at radius 3 is 2.29 bits per heavy atom. The Balaban J connectivity index is 2.75. The molecule has 0 radical (unpaired) electrons. The van der Waals surface area contributed by atoms with Crippen molar-refractivity contribution in [1.82, 2.24) is 5.32 Å². The highest BCUT2D eigenvalue weighted by atomic mass is 16.3. The van der Waals surface area contributed by atoms with Crippen LogP contribution in [0.15, 0.2) is 12.1 Å². The lowest BCUT2D eigenvalue weighted by Crippen LogP contribution is -2.31. The van der Waals surface area contributed by atoms with Gasteiger partial charge in [0.25, 0.3) is 0 Å². The molecular weight excluding hydrogens is 214 g/mol. The first kappa shape index (κ1) is 14.2. The van der Waals surface area contributed by atoms with Crippen molar-refractivity contribution in [1.29, 1.82) is 0 Å². The molecule has 1 rings (SSSR count). The lowest BCUT2D eigenvalue weighted by Gasteiger charge is -2.19. The first-order valence-corrected chi connectivity index (χ1v) is 6.05. The highest BCUT2D eigenvalue weighted by molar-refractivity contribution is 5.37. The molecule has 17 heavy (non-hydrogen) atoms. The van der Waals surface area contributed by atoms with Crippen molar-refractivity contribution in [2.75, 3.05) is 13.2 Å². The molecule has 0 saturated carbocycles. The van der Waals surface area contributed by atoms with Crippen molar-refractivity contribution in [3.63, 3.8) is 0 Å². The Kier molecular flexibility index (Phi) is 5.12. The molecule has 3 heteroatoms. The van der Waals surface area contributed by atoms with E-state index >= 15 is 0 Å². The molecule has 2 unspecified atom stereocenters. The summed E-state index contributed by atoms with van der Waals surface area (Å²) < 4.78 is 0. The van der Waals surface area contributed by atoms with E-state index in [1.165, 1.54) is 22.3 Å². The van der Waals surface area contributed by atoms with Crippen molar-refractivity contribution in [3.8, 4) is 0 Å². The minimum absolute atomic E-state index is 0.176. The highest BCUT2D eigenvalue weighted by Gasteiger charge is 2.11. The van der Waals surface area contributed by atoms with Gasteiger partial charge < -0.3 is 15.5 Å². The quantitative estimate of drug-likeness (QED) is 0.729. The van der Waals surface area contributed by atoms with Crippen LogP contribution in [0.2, 0.25) is 0 Å². The normalized spacial score (nSPS) is 14.7. The van der Waals surface area contributed by atoms with Gasteiger partial charge in [-0.3, -0.25) is 0 Å². The third kappa shape index (κ3) is 3.80. The van der Waals surface area contributed by atoms with E-state index in [0.29, 0.717) is 6.54 Å². The summed E-state index contributed by atoms with van der Waals surface area (Å²) in [5.41, 5.74) is 5.08. The molecule has 0 spiro atoms. The van der Waals surface area contributed by atoms with Gasteiger partial charge in [-0.25, -0.2) is 0 Å². The first-order valence-electron chi connectivity index (χ1n) is 6.05. The maximum Gasteiger partial charge on any atom is 0.0895 e. The van der Waals surface area contributed by atoms with Crippen LogP contribution in [0, 0.1) is 20.8 Å². The first-order chi connectivity index (χ1) is 7.95. The molecule has 0 aliphatic carbocycles. The van der Waals surface area contributed by atoms with E-state index in [1.54, 1.807) is 0 Å². The number of nitrogens with one attached hydrogen (secondary N) is 1. The van der Waals surface area contributed by atoms with Crippen LogP contribution in [0.25, 0.3) is 0 Å².